The van der Waals surface area contributed by atoms with Crippen LogP contribution in [0.15, 0.2) is 22.6 Å². The number of halogens is 1. The van der Waals surface area contributed by atoms with Crippen LogP contribution < -0.4 is 5.32 Å². The van der Waals surface area contributed by atoms with E-state index < -0.39 is 0 Å². The summed E-state index contributed by atoms with van der Waals surface area (Å²) in [6.07, 6.45) is 3.94. The molecular formula is C22H22FNO4S. The number of carbonyl (C=O) groups excluding carboxylic acids is 2. The fraction of sp³-hybridized carbons (Fsp3) is 0.364. The van der Waals surface area contributed by atoms with Gasteiger partial charge >= 0.3 is 5.97 Å². The number of aryl methyl sites for hydroxylation is 2. The maximum absolute atomic E-state index is 13.5. The molecule has 0 radical (unpaired) electrons. The van der Waals surface area contributed by atoms with Crippen LogP contribution in [-0.4, -0.2) is 24.9 Å². The van der Waals surface area contributed by atoms with Gasteiger partial charge in [0.05, 0.1) is 18.7 Å². The highest BCUT2D eigenvalue weighted by Crippen LogP contribution is 2.38. The number of benzene rings is 1. The summed E-state index contributed by atoms with van der Waals surface area (Å²) in [6, 6.07) is 4.19. The van der Waals surface area contributed by atoms with E-state index in [9.17, 15) is 14.0 Å². The molecule has 152 valence electrons. The Balaban J connectivity index is 1.59. The maximum Gasteiger partial charge on any atom is 0.341 e. The second-order valence-corrected chi connectivity index (χ2v) is 8.21. The third-order valence-corrected chi connectivity index (χ3v) is 6.46. The molecule has 1 N–H and O–H groups in total. The number of ether oxygens (including phenoxy) is 1. The highest BCUT2D eigenvalue weighted by atomic mass is 32.1. The van der Waals surface area contributed by atoms with E-state index >= 15 is 0 Å². The molecule has 0 atom stereocenters. The number of hydrogen-bond acceptors (Lipinski definition) is 6. The van der Waals surface area contributed by atoms with Crippen LogP contribution in [0.3, 0.4) is 0 Å². The van der Waals surface area contributed by atoms with Gasteiger partial charge in [-0.25, -0.2) is 9.18 Å². The average molecular weight is 415 g/mol. The van der Waals surface area contributed by atoms with E-state index in [0.29, 0.717) is 33.7 Å². The van der Waals surface area contributed by atoms with Crippen LogP contribution in [0.1, 0.15) is 56.7 Å². The van der Waals surface area contributed by atoms with Crippen LogP contribution in [0, 0.1) is 12.7 Å². The number of rotatable bonds is 6. The molecule has 7 heteroatoms. The van der Waals surface area contributed by atoms with Gasteiger partial charge in [0.1, 0.15) is 16.4 Å². The Morgan fingerprint density at radius 1 is 1.28 bits per heavy atom. The standard InChI is InChI=1S/C22H22FNO4S/c1-3-27-22(26)19-14-6-4-5-7-18(14)29-21(19)24-11-16(25)20-12(2)15-10-13(23)8-9-17(15)28-20/h8-10,24H,3-7,11H2,1-2H3. The minimum Gasteiger partial charge on any atom is -0.462 e. The molecule has 5 nitrogen and oxygen atoms in total. The second kappa shape index (κ2) is 7.99. The summed E-state index contributed by atoms with van der Waals surface area (Å²) in [7, 11) is 0. The molecule has 0 saturated carbocycles. The Hall–Kier alpha value is -2.67. The summed E-state index contributed by atoms with van der Waals surface area (Å²) in [5.74, 6) is -0.767. The molecular weight excluding hydrogens is 393 g/mol. The number of Topliss-reactive ketones (excluding diaryl/α,β-unsaturated/α-hetero) is 1. The summed E-state index contributed by atoms with van der Waals surface area (Å²) in [4.78, 5) is 26.5. The van der Waals surface area contributed by atoms with Crippen LogP contribution >= 0.6 is 11.3 Å². The highest BCUT2D eigenvalue weighted by molar-refractivity contribution is 7.16. The topological polar surface area (TPSA) is 68.5 Å². The lowest BCUT2D eigenvalue weighted by molar-refractivity contribution is 0.0526. The summed E-state index contributed by atoms with van der Waals surface area (Å²) < 4.78 is 24.4. The summed E-state index contributed by atoms with van der Waals surface area (Å²) in [5.41, 5.74) is 2.70. The number of furan rings is 1. The van der Waals surface area contributed by atoms with E-state index in [1.54, 1.807) is 13.8 Å². The average Bonchev–Trinajstić information content (AvgIpc) is 3.24. The van der Waals surface area contributed by atoms with Crippen molar-refractivity contribution in [2.75, 3.05) is 18.5 Å². The first-order valence-corrected chi connectivity index (χ1v) is 10.6. The van der Waals surface area contributed by atoms with Crippen LogP contribution in [0.5, 0.6) is 0 Å². The van der Waals surface area contributed by atoms with Crippen molar-refractivity contribution in [3.8, 4) is 0 Å². The first-order valence-electron chi connectivity index (χ1n) is 9.77. The van der Waals surface area contributed by atoms with Gasteiger partial charge < -0.3 is 14.5 Å². The Bertz CT molecular complexity index is 1100. The van der Waals surface area contributed by atoms with Crippen molar-refractivity contribution in [2.45, 2.75) is 39.5 Å². The smallest absolute Gasteiger partial charge is 0.341 e. The Labute approximate surface area is 171 Å². The van der Waals surface area contributed by atoms with Gasteiger partial charge in [-0.15, -0.1) is 11.3 Å². The van der Waals surface area contributed by atoms with Crippen molar-refractivity contribution < 1.29 is 23.1 Å². The van der Waals surface area contributed by atoms with Gasteiger partial charge in [-0.2, -0.15) is 0 Å². The van der Waals surface area contributed by atoms with Gasteiger partial charge in [-0.3, -0.25) is 4.79 Å². The third kappa shape index (κ3) is 3.67. The van der Waals surface area contributed by atoms with Crippen LogP contribution in [0.4, 0.5) is 9.39 Å². The minimum absolute atomic E-state index is 0.0189. The first-order chi connectivity index (χ1) is 14.0. The number of ketones is 1. The summed E-state index contributed by atoms with van der Waals surface area (Å²) in [6.45, 7) is 3.80. The molecule has 29 heavy (non-hydrogen) atoms. The number of carbonyl (C=O) groups is 2. The van der Waals surface area contributed by atoms with E-state index in [0.717, 1.165) is 31.2 Å². The molecule has 0 spiro atoms. The van der Waals surface area contributed by atoms with Gasteiger partial charge in [-0.05, 0) is 63.3 Å². The SMILES string of the molecule is CCOC(=O)c1c(NCC(=O)c2oc3ccc(F)cc3c2C)sc2c1CCCC2. The van der Waals surface area contributed by atoms with Crippen molar-refractivity contribution >= 4 is 39.1 Å². The second-order valence-electron chi connectivity index (χ2n) is 7.11. The highest BCUT2D eigenvalue weighted by Gasteiger charge is 2.27. The van der Waals surface area contributed by atoms with Gasteiger partial charge in [-0.1, -0.05) is 0 Å². The number of nitrogens with one attached hydrogen (secondary N) is 1. The molecule has 0 unspecified atom stereocenters. The predicted molar refractivity (Wildman–Crippen MR) is 111 cm³/mol. The largest absolute Gasteiger partial charge is 0.462 e. The van der Waals surface area contributed by atoms with E-state index in [1.807, 2.05) is 0 Å². The zero-order chi connectivity index (χ0) is 20.5. The van der Waals surface area contributed by atoms with Gasteiger partial charge in [0, 0.05) is 15.8 Å². The molecule has 0 bridgehead atoms. The Kier molecular flexibility index (Phi) is 5.41. The molecule has 1 aliphatic carbocycles. The quantitative estimate of drug-likeness (QED) is 0.437. The number of fused-ring (bicyclic) bond motifs is 2. The van der Waals surface area contributed by atoms with Crippen molar-refractivity contribution in [3.63, 3.8) is 0 Å². The molecule has 3 aromatic rings. The fourth-order valence-electron chi connectivity index (χ4n) is 3.81. The predicted octanol–water partition coefficient (Wildman–Crippen LogP) is 5.29. The Morgan fingerprint density at radius 3 is 2.86 bits per heavy atom. The van der Waals surface area contributed by atoms with Crippen LogP contribution in [0.2, 0.25) is 0 Å². The van der Waals surface area contributed by atoms with Crippen LogP contribution in [-0.2, 0) is 17.6 Å². The zero-order valence-corrected chi connectivity index (χ0v) is 17.2. The summed E-state index contributed by atoms with van der Waals surface area (Å²) >= 11 is 1.52. The third-order valence-electron chi connectivity index (χ3n) is 5.21. The van der Waals surface area contributed by atoms with E-state index in [-0.39, 0.29) is 29.9 Å². The van der Waals surface area contributed by atoms with E-state index in [4.69, 9.17) is 9.15 Å². The Morgan fingerprint density at radius 2 is 2.07 bits per heavy atom. The number of thiophene rings is 1. The van der Waals surface area contributed by atoms with Crippen molar-refractivity contribution in [1.82, 2.24) is 0 Å². The molecule has 4 rings (SSSR count). The number of esters is 1. The number of hydrogen-bond donors (Lipinski definition) is 1. The molecule has 2 aromatic heterocycles. The minimum atomic E-state index is -0.373. The fourth-order valence-corrected chi connectivity index (χ4v) is 5.08. The molecule has 0 saturated heterocycles. The lowest BCUT2D eigenvalue weighted by atomic mass is 9.95. The molecule has 1 aliphatic rings. The van der Waals surface area contributed by atoms with Gasteiger partial charge in [0.25, 0.3) is 0 Å². The van der Waals surface area contributed by atoms with Crippen molar-refractivity contribution in [3.05, 3.63) is 51.3 Å². The lowest BCUT2D eigenvalue weighted by Crippen LogP contribution is -2.16. The normalized spacial score (nSPS) is 13.3. The molecule has 0 amide bonds. The van der Waals surface area contributed by atoms with Gasteiger partial charge in [0.2, 0.25) is 5.78 Å². The van der Waals surface area contributed by atoms with Crippen molar-refractivity contribution in [2.24, 2.45) is 0 Å². The molecule has 1 aromatic carbocycles. The molecule has 0 aliphatic heterocycles. The number of anilines is 1. The molecule has 0 fully saturated rings. The monoisotopic (exact) mass is 415 g/mol. The van der Waals surface area contributed by atoms with Crippen LogP contribution in [0.25, 0.3) is 11.0 Å². The zero-order valence-electron chi connectivity index (χ0n) is 16.4. The molecule has 2 heterocycles. The van der Waals surface area contributed by atoms with E-state index in [1.165, 1.54) is 34.4 Å². The van der Waals surface area contributed by atoms with Crippen molar-refractivity contribution in [1.29, 1.82) is 0 Å². The van der Waals surface area contributed by atoms with Gasteiger partial charge in [0.15, 0.2) is 5.76 Å². The summed E-state index contributed by atoms with van der Waals surface area (Å²) in [5, 5.41) is 4.38. The lowest BCUT2D eigenvalue weighted by Gasteiger charge is -2.12. The maximum atomic E-state index is 13.5. The first kappa shape index (κ1) is 19.6. The van der Waals surface area contributed by atoms with E-state index in [2.05, 4.69) is 5.32 Å².